The van der Waals surface area contributed by atoms with Gasteiger partial charge in [-0.2, -0.15) is 8.78 Å². The van der Waals surface area contributed by atoms with Crippen molar-refractivity contribution < 1.29 is 50.1 Å². The van der Waals surface area contributed by atoms with E-state index in [1.807, 2.05) is 32.0 Å². The summed E-state index contributed by atoms with van der Waals surface area (Å²) >= 11 is 0. The SMILES string of the molecule is CCOc1ccc(COc2ccc(NC(=O)c3ccc(COc4c(F)c(F)c(F)c(F)c4F)o3)cc2)cc1OCC. The van der Waals surface area contributed by atoms with Crippen LogP contribution in [-0.2, 0) is 13.2 Å². The van der Waals surface area contributed by atoms with Gasteiger partial charge in [-0.1, -0.05) is 6.07 Å². The number of carbonyl (C=O) groups is 1. The zero-order valence-corrected chi connectivity index (χ0v) is 21.9. The first-order valence-corrected chi connectivity index (χ1v) is 12.4. The molecular weight excluding hydrogens is 553 g/mol. The predicted octanol–water partition coefficient (Wildman–Crippen LogP) is 7.18. The van der Waals surface area contributed by atoms with Crippen LogP contribution in [0.5, 0.6) is 23.0 Å². The molecule has 0 radical (unpaired) electrons. The largest absolute Gasteiger partial charge is 0.490 e. The van der Waals surface area contributed by atoms with E-state index in [1.54, 1.807) is 24.3 Å². The minimum atomic E-state index is -2.30. The van der Waals surface area contributed by atoms with Crippen molar-refractivity contribution in [2.75, 3.05) is 18.5 Å². The Balaban J connectivity index is 1.32. The highest BCUT2D eigenvalue weighted by atomic mass is 19.2. The number of anilines is 1. The van der Waals surface area contributed by atoms with Crippen molar-refractivity contribution in [3.63, 3.8) is 0 Å². The van der Waals surface area contributed by atoms with Gasteiger partial charge in [0.05, 0.1) is 13.2 Å². The number of carbonyl (C=O) groups excluding carboxylic acids is 1. The summed E-state index contributed by atoms with van der Waals surface area (Å²) in [6, 6.07) is 14.6. The minimum absolute atomic E-state index is 0.0929. The number of hydrogen-bond donors (Lipinski definition) is 1. The van der Waals surface area contributed by atoms with Crippen molar-refractivity contribution in [3.8, 4) is 23.0 Å². The van der Waals surface area contributed by atoms with E-state index in [-0.39, 0.29) is 18.1 Å². The van der Waals surface area contributed by atoms with Gasteiger partial charge in [0.2, 0.25) is 29.1 Å². The van der Waals surface area contributed by atoms with Crippen molar-refractivity contribution in [1.29, 1.82) is 0 Å². The van der Waals surface area contributed by atoms with Crippen LogP contribution < -0.4 is 24.3 Å². The van der Waals surface area contributed by atoms with Gasteiger partial charge in [0.15, 0.2) is 23.0 Å². The van der Waals surface area contributed by atoms with Gasteiger partial charge in [0.1, 0.15) is 24.7 Å². The lowest BCUT2D eigenvalue weighted by Crippen LogP contribution is -2.11. The maximum Gasteiger partial charge on any atom is 0.291 e. The van der Waals surface area contributed by atoms with Gasteiger partial charge in [-0.05, 0) is 67.9 Å². The molecule has 1 amide bonds. The Hall–Kier alpha value is -4.74. The number of amides is 1. The maximum absolute atomic E-state index is 13.8. The lowest BCUT2D eigenvalue weighted by Gasteiger charge is -2.13. The second-order valence-electron chi connectivity index (χ2n) is 8.37. The predicted molar refractivity (Wildman–Crippen MR) is 137 cm³/mol. The van der Waals surface area contributed by atoms with Crippen molar-refractivity contribution >= 4 is 11.6 Å². The van der Waals surface area contributed by atoms with E-state index < -0.39 is 47.3 Å². The summed E-state index contributed by atoms with van der Waals surface area (Å²) in [5.41, 5.74) is 1.28. The fourth-order valence-electron chi connectivity index (χ4n) is 3.61. The monoisotopic (exact) mass is 577 g/mol. The van der Waals surface area contributed by atoms with Gasteiger partial charge in [-0.25, -0.2) is 13.2 Å². The number of ether oxygens (including phenoxy) is 4. The van der Waals surface area contributed by atoms with Crippen LogP contribution in [0.1, 0.15) is 35.7 Å². The fraction of sp³-hybridized carbons (Fsp3) is 0.207. The smallest absolute Gasteiger partial charge is 0.291 e. The molecule has 0 aliphatic rings. The topological polar surface area (TPSA) is 79.2 Å². The third-order valence-corrected chi connectivity index (χ3v) is 5.54. The average Bonchev–Trinajstić information content (AvgIpc) is 3.45. The highest BCUT2D eigenvalue weighted by Gasteiger charge is 2.27. The van der Waals surface area contributed by atoms with E-state index in [0.717, 1.165) is 5.56 Å². The maximum atomic E-state index is 13.8. The highest BCUT2D eigenvalue weighted by Crippen LogP contribution is 2.31. The second kappa shape index (κ2) is 13.1. The van der Waals surface area contributed by atoms with E-state index in [0.29, 0.717) is 36.1 Å². The van der Waals surface area contributed by atoms with Crippen LogP contribution in [-0.4, -0.2) is 19.1 Å². The molecule has 0 bridgehead atoms. The van der Waals surface area contributed by atoms with E-state index in [4.69, 9.17) is 23.4 Å². The molecule has 0 fully saturated rings. The first kappa shape index (κ1) is 29.2. The molecule has 0 atom stereocenters. The lowest BCUT2D eigenvalue weighted by molar-refractivity contribution is 0.0992. The molecule has 0 spiro atoms. The summed E-state index contributed by atoms with van der Waals surface area (Å²) in [6.45, 7) is 4.34. The average molecular weight is 578 g/mol. The van der Waals surface area contributed by atoms with E-state index in [9.17, 15) is 26.7 Å². The molecule has 1 N–H and O–H groups in total. The molecule has 1 heterocycles. The number of hydrogen-bond acceptors (Lipinski definition) is 6. The molecule has 4 rings (SSSR count). The Labute approximate surface area is 231 Å². The minimum Gasteiger partial charge on any atom is -0.490 e. The molecule has 1 aromatic heterocycles. The molecule has 41 heavy (non-hydrogen) atoms. The second-order valence-corrected chi connectivity index (χ2v) is 8.37. The molecule has 3 aromatic carbocycles. The molecule has 12 heteroatoms. The fourth-order valence-corrected chi connectivity index (χ4v) is 3.61. The van der Waals surface area contributed by atoms with Gasteiger partial charge >= 0.3 is 0 Å². The number of nitrogens with one attached hydrogen (secondary N) is 1. The lowest BCUT2D eigenvalue weighted by atomic mass is 10.2. The Morgan fingerprint density at radius 3 is 2.00 bits per heavy atom. The van der Waals surface area contributed by atoms with Crippen LogP contribution in [0.25, 0.3) is 0 Å². The van der Waals surface area contributed by atoms with Crippen LogP contribution >= 0.6 is 0 Å². The van der Waals surface area contributed by atoms with Crippen LogP contribution in [0, 0.1) is 29.1 Å². The third-order valence-electron chi connectivity index (χ3n) is 5.54. The first-order chi connectivity index (χ1) is 19.7. The highest BCUT2D eigenvalue weighted by molar-refractivity contribution is 6.02. The molecule has 7 nitrogen and oxygen atoms in total. The molecule has 0 aliphatic heterocycles. The van der Waals surface area contributed by atoms with Crippen molar-refractivity contribution in [3.05, 3.63) is 101 Å². The first-order valence-electron chi connectivity index (χ1n) is 12.4. The zero-order valence-electron chi connectivity index (χ0n) is 21.9. The molecular formula is C29H24F5NO6. The summed E-state index contributed by atoms with van der Waals surface area (Å²) in [4.78, 5) is 12.5. The Bertz CT molecular complexity index is 1490. The Kier molecular flexibility index (Phi) is 9.33. The van der Waals surface area contributed by atoms with Crippen molar-refractivity contribution in [1.82, 2.24) is 0 Å². The number of furan rings is 1. The van der Waals surface area contributed by atoms with Gasteiger partial charge in [-0.15, -0.1) is 0 Å². The van der Waals surface area contributed by atoms with Crippen LogP contribution in [0.2, 0.25) is 0 Å². The zero-order chi connectivity index (χ0) is 29.5. The Morgan fingerprint density at radius 1 is 0.707 bits per heavy atom. The van der Waals surface area contributed by atoms with Gasteiger partial charge in [-0.3, -0.25) is 4.79 Å². The summed E-state index contributed by atoms with van der Waals surface area (Å²) in [6.07, 6.45) is 0. The normalized spacial score (nSPS) is 10.8. The summed E-state index contributed by atoms with van der Waals surface area (Å²) in [5, 5.41) is 2.61. The quantitative estimate of drug-likeness (QED) is 0.109. The third kappa shape index (κ3) is 6.89. The molecule has 0 unspecified atom stereocenters. The van der Waals surface area contributed by atoms with E-state index >= 15 is 0 Å². The van der Waals surface area contributed by atoms with Gasteiger partial charge < -0.3 is 28.7 Å². The summed E-state index contributed by atoms with van der Waals surface area (Å²) in [7, 11) is 0. The van der Waals surface area contributed by atoms with Crippen LogP contribution in [0.4, 0.5) is 27.6 Å². The summed E-state index contributed by atoms with van der Waals surface area (Å²) in [5.74, 6) is -11.4. The van der Waals surface area contributed by atoms with Crippen LogP contribution in [0.3, 0.4) is 0 Å². The Morgan fingerprint density at radius 2 is 1.34 bits per heavy atom. The summed E-state index contributed by atoms with van der Waals surface area (Å²) < 4.78 is 94.4. The number of rotatable bonds is 12. The van der Waals surface area contributed by atoms with E-state index in [2.05, 4.69) is 5.32 Å². The number of halogens is 5. The molecule has 0 saturated heterocycles. The molecule has 216 valence electrons. The molecule has 0 saturated carbocycles. The van der Waals surface area contributed by atoms with Gasteiger partial charge in [0.25, 0.3) is 5.91 Å². The standard InChI is InChI=1S/C29H24F5NO6/c1-3-37-20-11-5-16(13-22(20)38-4-2)14-39-18-8-6-17(7-9-18)35-29(36)21-12-10-19(41-21)15-40-28-26(33)24(31)23(30)25(32)27(28)34/h5-13H,3-4,14-15H2,1-2H3,(H,35,36). The molecule has 0 aliphatic carbocycles. The van der Waals surface area contributed by atoms with Gasteiger partial charge in [0, 0.05) is 5.69 Å². The van der Waals surface area contributed by atoms with E-state index in [1.165, 1.54) is 12.1 Å². The van der Waals surface area contributed by atoms with Crippen molar-refractivity contribution in [2.24, 2.45) is 0 Å². The van der Waals surface area contributed by atoms with Crippen molar-refractivity contribution in [2.45, 2.75) is 27.1 Å². The molecule has 4 aromatic rings. The van der Waals surface area contributed by atoms with Crippen LogP contribution in [0.15, 0.2) is 59.0 Å². The number of benzene rings is 3.